The van der Waals surface area contributed by atoms with E-state index in [1.165, 1.54) is 0 Å². The van der Waals surface area contributed by atoms with Crippen molar-refractivity contribution in [1.29, 1.82) is 0 Å². The summed E-state index contributed by atoms with van der Waals surface area (Å²) in [5.41, 5.74) is 0.966. The molecule has 0 radical (unpaired) electrons. The lowest BCUT2D eigenvalue weighted by molar-refractivity contribution is 0.0698. The zero-order valence-corrected chi connectivity index (χ0v) is 13.6. The molecule has 2 rings (SSSR count). The first-order valence-corrected chi connectivity index (χ1v) is 7.33. The highest BCUT2D eigenvalue weighted by atomic mass is 79.9. The molecule has 0 aliphatic heterocycles. The second-order valence-electron chi connectivity index (χ2n) is 4.33. The highest BCUT2D eigenvalue weighted by Crippen LogP contribution is 2.30. The predicted octanol–water partition coefficient (Wildman–Crippen LogP) is 5.15. The van der Waals surface area contributed by atoms with Crippen molar-refractivity contribution in [2.45, 2.75) is 19.8 Å². The van der Waals surface area contributed by atoms with Crippen LogP contribution >= 0.6 is 31.9 Å². The van der Waals surface area contributed by atoms with E-state index in [1.807, 2.05) is 26.0 Å². The van der Waals surface area contributed by atoms with Crippen molar-refractivity contribution < 1.29 is 13.9 Å². The zero-order chi connectivity index (χ0) is 14.0. The van der Waals surface area contributed by atoms with E-state index in [0.29, 0.717) is 10.4 Å². The van der Waals surface area contributed by atoms with Gasteiger partial charge in [-0.3, -0.25) is 0 Å². The Morgan fingerprint density at radius 3 is 2.53 bits per heavy atom. The fraction of sp³-hybridized carbons (Fsp3) is 0.214. The Bertz CT molecular complexity index is 602. The van der Waals surface area contributed by atoms with Gasteiger partial charge in [-0.15, -0.1) is 0 Å². The van der Waals surface area contributed by atoms with Gasteiger partial charge in [-0.1, -0.05) is 29.8 Å². The number of halogens is 2. The number of hydrogen-bond acceptors (Lipinski definition) is 3. The van der Waals surface area contributed by atoms with Gasteiger partial charge in [-0.05, 0) is 57.7 Å². The van der Waals surface area contributed by atoms with Gasteiger partial charge in [0, 0.05) is 4.47 Å². The molecule has 0 saturated carbocycles. The number of benzene rings is 1. The molecule has 1 aromatic carbocycles. The third kappa shape index (κ3) is 3.48. The van der Waals surface area contributed by atoms with Crippen LogP contribution in [0.2, 0.25) is 0 Å². The summed E-state index contributed by atoms with van der Waals surface area (Å²) < 4.78 is 12.0. The van der Waals surface area contributed by atoms with Gasteiger partial charge in [0.1, 0.15) is 5.75 Å². The molecular formula is C14H12Br2O3. The lowest BCUT2D eigenvalue weighted by atomic mass is 10.0. The lowest BCUT2D eigenvalue weighted by Crippen LogP contribution is -2.09. The van der Waals surface area contributed by atoms with Crippen LogP contribution in [0.5, 0.6) is 5.75 Å². The average Bonchev–Trinajstić information content (AvgIpc) is 2.78. The van der Waals surface area contributed by atoms with Crippen molar-refractivity contribution in [2.24, 2.45) is 0 Å². The molecule has 0 N–H and O–H groups in total. The fourth-order valence-electron chi connectivity index (χ4n) is 1.64. The van der Waals surface area contributed by atoms with Gasteiger partial charge in [0.05, 0.1) is 0 Å². The van der Waals surface area contributed by atoms with Crippen LogP contribution in [0.3, 0.4) is 0 Å². The summed E-state index contributed by atoms with van der Waals surface area (Å²) in [7, 11) is 0. The van der Waals surface area contributed by atoms with E-state index >= 15 is 0 Å². The summed E-state index contributed by atoms with van der Waals surface area (Å²) in [5, 5.41) is 0. The van der Waals surface area contributed by atoms with Crippen LogP contribution in [0, 0.1) is 0 Å². The Morgan fingerprint density at radius 2 is 1.95 bits per heavy atom. The molecule has 0 aliphatic carbocycles. The highest BCUT2D eigenvalue weighted by molar-refractivity contribution is 9.10. The van der Waals surface area contributed by atoms with Crippen molar-refractivity contribution in [3.63, 3.8) is 0 Å². The maximum atomic E-state index is 11.9. The molecule has 1 heterocycles. The molecule has 0 saturated heterocycles. The topological polar surface area (TPSA) is 39.4 Å². The van der Waals surface area contributed by atoms with Gasteiger partial charge in [0.25, 0.3) is 0 Å². The van der Waals surface area contributed by atoms with E-state index in [2.05, 4.69) is 31.9 Å². The maximum Gasteiger partial charge on any atom is 0.379 e. The molecule has 3 nitrogen and oxygen atoms in total. The van der Waals surface area contributed by atoms with Gasteiger partial charge in [0.15, 0.2) is 4.67 Å². The molecule has 0 amide bonds. The largest absolute Gasteiger partial charge is 0.442 e. The summed E-state index contributed by atoms with van der Waals surface area (Å²) in [4.78, 5) is 11.9. The SMILES string of the molecule is CC(C)c1cc(Br)ccc1OC(=O)c1ccc(Br)o1. The normalized spacial score (nSPS) is 10.8. The standard InChI is InChI=1S/C14H12Br2O3/c1-8(2)10-7-9(15)3-4-11(10)19-14(17)12-5-6-13(16)18-12/h3-8H,1-2H3. The van der Waals surface area contributed by atoms with E-state index in [0.717, 1.165) is 10.0 Å². The summed E-state index contributed by atoms with van der Waals surface area (Å²) in [5.74, 6) is 0.471. The molecule has 0 unspecified atom stereocenters. The Labute approximate surface area is 128 Å². The van der Waals surface area contributed by atoms with E-state index in [4.69, 9.17) is 9.15 Å². The van der Waals surface area contributed by atoms with Crippen LogP contribution in [0.1, 0.15) is 35.9 Å². The lowest BCUT2D eigenvalue weighted by Gasteiger charge is -2.12. The number of furan rings is 1. The van der Waals surface area contributed by atoms with Gasteiger partial charge < -0.3 is 9.15 Å². The van der Waals surface area contributed by atoms with E-state index < -0.39 is 5.97 Å². The Morgan fingerprint density at radius 1 is 1.21 bits per heavy atom. The van der Waals surface area contributed by atoms with Crippen molar-refractivity contribution in [3.8, 4) is 5.75 Å². The second kappa shape index (κ2) is 5.92. The zero-order valence-electron chi connectivity index (χ0n) is 10.4. The highest BCUT2D eigenvalue weighted by Gasteiger charge is 2.16. The molecule has 5 heteroatoms. The molecule has 100 valence electrons. The van der Waals surface area contributed by atoms with Crippen LogP contribution in [-0.2, 0) is 0 Å². The third-order valence-electron chi connectivity index (χ3n) is 2.57. The Kier molecular flexibility index (Phi) is 4.47. The molecule has 0 spiro atoms. The minimum Gasteiger partial charge on any atom is -0.442 e. The number of carbonyl (C=O) groups excluding carboxylic acids is 1. The second-order valence-corrected chi connectivity index (χ2v) is 6.03. The van der Waals surface area contributed by atoms with Crippen LogP contribution in [0.25, 0.3) is 0 Å². The third-order valence-corrected chi connectivity index (χ3v) is 3.49. The van der Waals surface area contributed by atoms with Crippen LogP contribution in [0.15, 0.2) is 43.9 Å². The minimum absolute atomic E-state index is 0.171. The van der Waals surface area contributed by atoms with E-state index in [9.17, 15) is 4.79 Å². The summed E-state index contributed by atoms with van der Waals surface area (Å²) in [6, 6.07) is 8.79. The number of carbonyl (C=O) groups is 1. The summed E-state index contributed by atoms with van der Waals surface area (Å²) in [6.07, 6.45) is 0. The van der Waals surface area contributed by atoms with Gasteiger partial charge in [-0.25, -0.2) is 4.79 Å². The average molecular weight is 388 g/mol. The number of hydrogen-bond donors (Lipinski definition) is 0. The Balaban J connectivity index is 2.26. The van der Waals surface area contributed by atoms with Crippen LogP contribution in [-0.4, -0.2) is 5.97 Å². The van der Waals surface area contributed by atoms with E-state index in [-0.39, 0.29) is 11.7 Å². The van der Waals surface area contributed by atoms with Gasteiger partial charge in [0.2, 0.25) is 5.76 Å². The molecule has 0 aliphatic rings. The van der Waals surface area contributed by atoms with Crippen LogP contribution < -0.4 is 4.74 Å². The number of esters is 1. The monoisotopic (exact) mass is 386 g/mol. The quantitative estimate of drug-likeness (QED) is 0.540. The first-order valence-electron chi connectivity index (χ1n) is 5.74. The molecule has 19 heavy (non-hydrogen) atoms. The van der Waals surface area contributed by atoms with Gasteiger partial charge >= 0.3 is 5.97 Å². The molecule has 1 aromatic heterocycles. The number of ether oxygens (including phenoxy) is 1. The molecule has 0 fully saturated rings. The number of rotatable bonds is 3. The molecule has 0 atom stereocenters. The van der Waals surface area contributed by atoms with Crippen LogP contribution in [0.4, 0.5) is 0 Å². The fourth-order valence-corrected chi connectivity index (χ4v) is 2.32. The van der Waals surface area contributed by atoms with Gasteiger partial charge in [-0.2, -0.15) is 0 Å². The first-order chi connectivity index (χ1) is 8.97. The summed E-state index contributed by atoms with van der Waals surface area (Å²) >= 11 is 6.57. The smallest absolute Gasteiger partial charge is 0.379 e. The Hall–Kier alpha value is -1.07. The van der Waals surface area contributed by atoms with E-state index in [1.54, 1.807) is 18.2 Å². The molecular weight excluding hydrogens is 376 g/mol. The maximum absolute atomic E-state index is 11.9. The predicted molar refractivity (Wildman–Crippen MR) is 79.6 cm³/mol. The van der Waals surface area contributed by atoms with Crippen molar-refractivity contribution >= 4 is 37.8 Å². The summed E-state index contributed by atoms with van der Waals surface area (Å²) in [6.45, 7) is 4.09. The van der Waals surface area contributed by atoms with Crippen molar-refractivity contribution in [3.05, 3.63) is 50.8 Å². The van der Waals surface area contributed by atoms with Crippen molar-refractivity contribution in [1.82, 2.24) is 0 Å². The molecule has 0 bridgehead atoms. The first kappa shape index (κ1) is 14.3. The minimum atomic E-state index is -0.505. The molecule has 2 aromatic rings. The van der Waals surface area contributed by atoms with Crippen molar-refractivity contribution in [2.75, 3.05) is 0 Å².